The van der Waals surface area contributed by atoms with Gasteiger partial charge in [-0.3, -0.25) is 0 Å². The van der Waals surface area contributed by atoms with Gasteiger partial charge in [0, 0.05) is 12.5 Å². The molecule has 0 aromatic carbocycles. The smallest absolute Gasteiger partial charge is 0.0496 e. The molecule has 1 heteroatoms. The van der Waals surface area contributed by atoms with E-state index in [0.29, 0.717) is 18.4 Å². The summed E-state index contributed by atoms with van der Waals surface area (Å²) < 4.78 is 0. The van der Waals surface area contributed by atoms with Crippen LogP contribution in [0.2, 0.25) is 0 Å². The average molecular weight is 126 g/mol. The summed E-state index contributed by atoms with van der Waals surface area (Å²) in [5, 5.41) is 8.81. The van der Waals surface area contributed by atoms with E-state index in [2.05, 4.69) is 19.1 Å². The Hall–Kier alpha value is -0.300. The summed E-state index contributed by atoms with van der Waals surface area (Å²) in [5.41, 5.74) is 0. The zero-order valence-electron chi connectivity index (χ0n) is 5.88. The molecule has 1 aliphatic carbocycles. The minimum atomic E-state index is 0.317. The molecule has 1 N–H and O–H groups in total. The van der Waals surface area contributed by atoms with Gasteiger partial charge in [-0.25, -0.2) is 0 Å². The zero-order valence-corrected chi connectivity index (χ0v) is 5.88. The van der Waals surface area contributed by atoms with Crippen LogP contribution in [0.1, 0.15) is 19.8 Å². The highest BCUT2D eigenvalue weighted by Crippen LogP contribution is 2.22. The predicted octanol–water partition coefficient (Wildman–Crippen LogP) is 1.58. The van der Waals surface area contributed by atoms with E-state index >= 15 is 0 Å². The van der Waals surface area contributed by atoms with Crippen molar-refractivity contribution in [1.82, 2.24) is 0 Å². The maximum absolute atomic E-state index is 8.81. The van der Waals surface area contributed by atoms with E-state index < -0.39 is 0 Å². The van der Waals surface area contributed by atoms with Crippen LogP contribution in [0.3, 0.4) is 0 Å². The molecule has 0 radical (unpaired) electrons. The molecular weight excluding hydrogens is 112 g/mol. The predicted molar refractivity (Wildman–Crippen MR) is 38.1 cm³/mol. The van der Waals surface area contributed by atoms with Gasteiger partial charge in [-0.2, -0.15) is 0 Å². The lowest BCUT2D eigenvalue weighted by Gasteiger charge is -2.21. The lowest BCUT2D eigenvalue weighted by molar-refractivity contribution is 0.205. The van der Waals surface area contributed by atoms with Crippen molar-refractivity contribution in [2.75, 3.05) is 6.61 Å². The standard InChI is InChI=1S/C8H14O/c1-7-4-2-3-5-8(7)6-9/h3,5,7-9H,2,4,6H2,1H3. The third-order valence-electron chi connectivity index (χ3n) is 2.11. The molecule has 9 heavy (non-hydrogen) atoms. The number of rotatable bonds is 1. The van der Waals surface area contributed by atoms with Gasteiger partial charge in [-0.15, -0.1) is 0 Å². The second kappa shape index (κ2) is 3.02. The van der Waals surface area contributed by atoms with Crippen LogP contribution < -0.4 is 0 Å². The topological polar surface area (TPSA) is 20.2 Å². The van der Waals surface area contributed by atoms with E-state index in [1.165, 1.54) is 12.8 Å². The third kappa shape index (κ3) is 1.55. The van der Waals surface area contributed by atoms with Crippen LogP contribution >= 0.6 is 0 Å². The first-order chi connectivity index (χ1) is 4.34. The third-order valence-corrected chi connectivity index (χ3v) is 2.11. The number of hydrogen-bond acceptors (Lipinski definition) is 1. The van der Waals surface area contributed by atoms with Crippen molar-refractivity contribution in [3.63, 3.8) is 0 Å². The Labute approximate surface area is 56.4 Å². The fraction of sp³-hybridized carbons (Fsp3) is 0.750. The van der Waals surface area contributed by atoms with Crippen molar-refractivity contribution in [2.45, 2.75) is 19.8 Å². The molecule has 1 rings (SSSR count). The minimum absolute atomic E-state index is 0.317. The highest BCUT2D eigenvalue weighted by Gasteiger charge is 2.14. The van der Waals surface area contributed by atoms with Gasteiger partial charge in [0.1, 0.15) is 0 Å². The first kappa shape index (κ1) is 6.81. The molecule has 1 nitrogen and oxygen atoms in total. The maximum atomic E-state index is 8.81. The fourth-order valence-corrected chi connectivity index (χ4v) is 1.27. The molecule has 0 fully saturated rings. The quantitative estimate of drug-likeness (QED) is 0.529. The SMILES string of the molecule is CC1CCC=CC1CO. The summed E-state index contributed by atoms with van der Waals surface area (Å²) in [6.07, 6.45) is 6.73. The number of aliphatic hydroxyl groups excluding tert-OH is 1. The fourth-order valence-electron chi connectivity index (χ4n) is 1.27. The van der Waals surface area contributed by atoms with Crippen LogP contribution in [-0.4, -0.2) is 11.7 Å². The summed E-state index contributed by atoms with van der Waals surface area (Å²) in [7, 11) is 0. The Morgan fingerprint density at radius 2 is 2.44 bits per heavy atom. The second-order valence-corrected chi connectivity index (χ2v) is 2.83. The lowest BCUT2D eigenvalue weighted by Crippen LogP contribution is -2.15. The lowest BCUT2D eigenvalue weighted by atomic mass is 9.86. The molecule has 2 unspecified atom stereocenters. The molecule has 1 aliphatic rings. The van der Waals surface area contributed by atoms with Crippen LogP contribution in [0.5, 0.6) is 0 Å². The van der Waals surface area contributed by atoms with Crippen LogP contribution in [0, 0.1) is 11.8 Å². The molecule has 0 spiro atoms. The Balaban J connectivity index is 2.46. The summed E-state index contributed by atoms with van der Waals surface area (Å²) in [5.74, 6) is 1.11. The van der Waals surface area contributed by atoms with E-state index in [0.717, 1.165) is 0 Å². The van der Waals surface area contributed by atoms with Gasteiger partial charge in [0.25, 0.3) is 0 Å². The number of hydrogen-bond donors (Lipinski definition) is 1. The summed E-state index contributed by atoms with van der Waals surface area (Å²) in [4.78, 5) is 0. The van der Waals surface area contributed by atoms with Gasteiger partial charge in [0.05, 0.1) is 0 Å². The first-order valence-corrected chi connectivity index (χ1v) is 3.62. The Morgan fingerprint density at radius 1 is 1.67 bits per heavy atom. The Morgan fingerprint density at radius 3 is 2.89 bits per heavy atom. The second-order valence-electron chi connectivity index (χ2n) is 2.83. The van der Waals surface area contributed by atoms with E-state index in [1.807, 2.05) is 0 Å². The molecular formula is C8H14O. The van der Waals surface area contributed by atoms with E-state index in [1.54, 1.807) is 0 Å². The highest BCUT2D eigenvalue weighted by molar-refractivity contribution is 4.95. The first-order valence-electron chi connectivity index (χ1n) is 3.62. The van der Waals surface area contributed by atoms with Crippen molar-refractivity contribution < 1.29 is 5.11 Å². The normalized spacial score (nSPS) is 34.9. The summed E-state index contributed by atoms with van der Waals surface area (Å²) in [6, 6.07) is 0. The van der Waals surface area contributed by atoms with Crippen LogP contribution in [0.25, 0.3) is 0 Å². The van der Waals surface area contributed by atoms with E-state index in [9.17, 15) is 0 Å². The van der Waals surface area contributed by atoms with Crippen molar-refractivity contribution in [3.05, 3.63) is 12.2 Å². The Kier molecular flexibility index (Phi) is 2.29. The van der Waals surface area contributed by atoms with E-state index in [-0.39, 0.29) is 0 Å². The molecule has 0 bridgehead atoms. The van der Waals surface area contributed by atoms with Crippen molar-refractivity contribution in [1.29, 1.82) is 0 Å². The van der Waals surface area contributed by atoms with Crippen molar-refractivity contribution in [3.8, 4) is 0 Å². The summed E-state index contributed by atoms with van der Waals surface area (Å²) in [6.45, 7) is 2.52. The molecule has 0 aromatic heterocycles. The van der Waals surface area contributed by atoms with Gasteiger partial charge in [0.2, 0.25) is 0 Å². The molecule has 0 amide bonds. The van der Waals surface area contributed by atoms with Gasteiger partial charge in [-0.1, -0.05) is 19.1 Å². The molecule has 0 heterocycles. The zero-order chi connectivity index (χ0) is 6.69. The number of aliphatic hydroxyl groups is 1. The molecule has 0 saturated carbocycles. The maximum Gasteiger partial charge on any atom is 0.0496 e. The van der Waals surface area contributed by atoms with Gasteiger partial charge < -0.3 is 5.11 Å². The van der Waals surface area contributed by atoms with Gasteiger partial charge >= 0.3 is 0 Å². The van der Waals surface area contributed by atoms with E-state index in [4.69, 9.17) is 5.11 Å². The van der Waals surface area contributed by atoms with Crippen LogP contribution in [0.4, 0.5) is 0 Å². The van der Waals surface area contributed by atoms with Crippen LogP contribution in [-0.2, 0) is 0 Å². The van der Waals surface area contributed by atoms with Gasteiger partial charge in [-0.05, 0) is 18.8 Å². The highest BCUT2D eigenvalue weighted by atomic mass is 16.3. The minimum Gasteiger partial charge on any atom is -0.396 e. The number of allylic oxidation sites excluding steroid dienone is 1. The molecule has 0 aliphatic heterocycles. The van der Waals surface area contributed by atoms with Crippen molar-refractivity contribution >= 4 is 0 Å². The average Bonchev–Trinajstić information content (AvgIpc) is 1.89. The largest absolute Gasteiger partial charge is 0.396 e. The van der Waals surface area contributed by atoms with Gasteiger partial charge in [0.15, 0.2) is 0 Å². The molecule has 0 aromatic rings. The molecule has 52 valence electrons. The monoisotopic (exact) mass is 126 g/mol. The summed E-state index contributed by atoms with van der Waals surface area (Å²) >= 11 is 0. The molecule has 2 atom stereocenters. The van der Waals surface area contributed by atoms with Crippen LogP contribution in [0.15, 0.2) is 12.2 Å². The Bertz CT molecular complexity index is 107. The van der Waals surface area contributed by atoms with Crippen molar-refractivity contribution in [2.24, 2.45) is 11.8 Å². The molecule has 0 saturated heterocycles.